The van der Waals surface area contributed by atoms with Gasteiger partial charge in [0.1, 0.15) is 17.7 Å². The molecule has 2 rings (SSSR count). The van der Waals surface area contributed by atoms with Crippen molar-refractivity contribution < 1.29 is 13.3 Å². The average molecular weight is 384 g/mol. The fourth-order valence-electron chi connectivity index (χ4n) is 3.19. The van der Waals surface area contributed by atoms with Gasteiger partial charge in [-0.2, -0.15) is 0 Å². The number of benzene rings is 1. The van der Waals surface area contributed by atoms with Gasteiger partial charge in [-0.1, -0.05) is 19.4 Å². The normalized spacial score (nSPS) is 23.2. The Balaban J connectivity index is 1.79. The van der Waals surface area contributed by atoms with Gasteiger partial charge >= 0.3 is 0 Å². The third kappa shape index (κ3) is 6.59. The summed E-state index contributed by atoms with van der Waals surface area (Å²) >= 11 is 0. The number of hydrogen-bond acceptors (Lipinski definition) is 3. The first-order valence-corrected chi connectivity index (χ1v) is 10.7. The van der Waals surface area contributed by atoms with Gasteiger partial charge in [0.25, 0.3) is 0 Å². The van der Waals surface area contributed by atoms with E-state index in [2.05, 4.69) is 15.6 Å². The molecule has 1 aliphatic carbocycles. The van der Waals surface area contributed by atoms with Crippen LogP contribution in [0.1, 0.15) is 39.5 Å². The van der Waals surface area contributed by atoms with E-state index in [0.29, 0.717) is 18.3 Å². The fourth-order valence-corrected chi connectivity index (χ4v) is 4.54. The molecule has 26 heavy (non-hydrogen) atoms. The van der Waals surface area contributed by atoms with Crippen molar-refractivity contribution in [3.05, 3.63) is 30.1 Å². The molecule has 1 fully saturated rings. The number of hydrogen-bond donors (Lipinski definition) is 2. The Morgan fingerprint density at radius 1 is 1.46 bits per heavy atom. The van der Waals surface area contributed by atoms with E-state index in [9.17, 15) is 8.60 Å². The number of rotatable bonds is 7. The summed E-state index contributed by atoms with van der Waals surface area (Å²) in [6, 6.07) is 6.42. The third-order valence-electron chi connectivity index (χ3n) is 4.54. The SMILES string of the molecule is CCS(=O)C1CCCC(NC(=NC)NCC(C)Oc2cccc(F)c2)C1. The van der Waals surface area contributed by atoms with Gasteiger partial charge in [-0.05, 0) is 38.3 Å². The largest absolute Gasteiger partial charge is 0.489 e. The van der Waals surface area contributed by atoms with Crippen molar-refractivity contribution in [2.75, 3.05) is 19.3 Å². The first-order chi connectivity index (χ1) is 12.5. The van der Waals surface area contributed by atoms with Crippen LogP contribution in [-0.2, 0) is 10.8 Å². The quantitative estimate of drug-likeness (QED) is 0.561. The van der Waals surface area contributed by atoms with Gasteiger partial charge < -0.3 is 15.4 Å². The van der Waals surface area contributed by atoms with E-state index in [1.54, 1.807) is 19.2 Å². The van der Waals surface area contributed by atoms with Crippen LogP contribution < -0.4 is 15.4 Å². The number of halogens is 1. The molecular weight excluding hydrogens is 353 g/mol. The number of nitrogens with one attached hydrogen (secondary N) is 2. The van der Waals surface area contributed by atoms with Crippen LogP contribution in [0.4, 0.5) is 4.39 Å². The van der Waals surface area contributed by atoms with Gasteiger partial charge in [-0.25, -0.2) is 4.39 Å². The van der Waals surface area contributed by atoms with Gasteiger partial charge in [0, 0.05) is 41.0 Å². The maximum atomic E-state index is 13.2. The summed E-state index contributed by atoms with van der Waals surface area (Å²) in [7, 11) is 0.997. The van der Waals surface area contributed by atoms with Crippen molar-refractivity contribution in [2.24, 2.45) is 4.99 Å². The highest BCUT2D eigenvalue weighted by atomic mass is 32.2. The molecule has 1 aromatic carbocycles. The zero-order chi connectivity index (χ0) is 18.9. The number of aliphatic imine (C=N–C) groups is 1. The molecule has 1 aromatic rings. The molecular formula is C19H30FN3O2S. The molecule has 0 amide bonds. The summed E-state index contributed by atoms with van der Waals surface area (Å²) < 4.78 is 31.0. The van der Waals surface area contributed by atoms with E-state index in [1.807, 2.05) is 13.8 Å². The summed E-state index contributed by atoms with van der Waals surface area (Å²) in [5.74, 6) is 1.64. The molecule has 2 N–H and O–H groups in total. The van der Waals surface area contributed by atoms with Crippen LogP contribution in [0, 0.1) is 5.82 Å². The fraction of sp³-hybridized carbons (Fsp3) is 0.632. The Morgan fingerprint density at radius 3 is 2.96 bits per heavy atom. The monoisotopic (exact) mass is 383 g/mol. The molecule has 5 nitrogen and oxygen atoms in total. The molecule has 0 aliphatic heterocycles. The predicted octanol–water partition coefficient (Wildman–Crippen LogP) is 2.84. The third-order valence-corrected chi connectivity index (χ3v) is 6.28. The summed E-state index contributed by atoms with van der Waals surface area (Å²) in [5, 5.41) is 6.96. The Bertz CT molecular complexity index is 627. The highest BCUT2D eigenvalue weighted by Crippen LogP contribution is 2.23. The summed E-state index contributed by atoms with van der Waals surface area (Å²) in [5.41, 5.74) is 0. The molecule has 1 aliphatic rings. The Labute approximate surface area is 158 Å². The Morgan fingerprint density at radius 2 is 2.27 bits per heavy atom. The van der Waals surface area contributed by atoms with Gasteiger partial charge in [0.2, 0.25) is 0 Å². The number of ether oxygens (including phenoxy) is 1. The zero-order valence-electron chi connectivity index (χ0n) is 15.8. The zero-order valence-corrected chi connectivity index (χ0v) is 16.7. The van der Waals surface area contributed by atoms with E-state index >= 15 is 0 Å². The minimum atomic E-state index is -0.738. The molecule has 4 atom stereocenters. The lowest BCUT2D eigenvalue weighted by Gasteiger charge is -2.30. The van der Waals surface area contributed by atoms with Crippen LogP contribution in [0.3, 0.4) is 0 Å². The lowest BCUT2D eigenvalue weighted by molar-refractivity contribution is 0.222. The van der Waals surface area contributed by atoms with E-state index in [4.69, 9.17) is 4.74 Å². The van der Waals surface area contributed by atoms with Crippen molar-refractivity contribution in [1.29, 1.82) is 0 Å². The highest BCUT2D eigenvalue weighted by Gasteiger charge is 2.26. The Kier molecular flexibility index (Phi) is 8.35. The van der Waals surface area contributed by atoms with Crippen molar-refractivity contribution in [1.82, 2.24) is 10.6 Å². The average Bonchev–Trinajstić information content (AvgIpc) is 2.64. The van der Waals surface area contributed by atoms with Crippen molar-refractivity contribution in [3.8, 4) is 5.75 Å². The first kappa shape index (κ1) is 20.7. The van der Waals surface area contributed by atoms with Crippen LogP contribution in [0.25, 0.3) is 0 Å². The predicted molar refractivity (Wildman–Crippen MR) is 106 cm³/mol. The molecule has 0 spiro atoms. The lowest BCUT2D eigenvalue weighted by Crippen LogP contribution is -2.48. The van der Waals surface area contributed by atoms with Gasteiger partial charge in [-0.3, -0.25) is 9.20 Å². The van der Waals surface area contributed by atoms with Crippen molar-refractivity contribution >= 4 is 16.8 Å². The Hall–Kier alpha value is -1.63. The molecule has 0 bridgehead atoms. The molecule has 4 unspecified atom stereocenters. The molecule has 7 heteroatoms. The van der Waals surface area contributed by atoms with E-state index in [0.717, 1.165) is 31.4 Å². The standard InChI is InChI=1S/C19H30FN3O2S/c1-4-26(24)18-10-6-8-16(12-18)23-19(21-3)22-13-14(2)25-17-9-5-7-15(20)11-17/h5,7,9,11,14,16,18H,4,6,8,10,12-13H2,1-3H3,(H2,21,22,23). The maximum Gasteiger partial charge on any atom is 0.191 e. The van der Waals surface area contributed by atoms with Gasteiger partial charge in [-0.15, -0.1) is 0 Å². The van der Waals surface area contributed by atoms with Crippen LogP contribution in [0.2, 0.25) is 0 Å². The second-order valence-electron chi connectivity index (χ2n) is 6.64. The maximum absolute atomic E-state index is 13.2. The van der Waals surface area contributed by atoms with Crippen LogP contribution in [0.5, 0.6) is 5.75 Å². The van der Waals surface area contributed by atoms with Crippen molar-refractivity contribution in [3.63, 3.8) is 0 Å². The highest BCUT2D eigenvalue weighted by molar-refractivity contribution is 7.85. The lowest BCUT2D eigenvalue weighted by atomic mass is 9.95. The molecule has 146 valence electrons. The summed E-state index contributed by atoms with van der Waals surface area (Å²) in [4.78, 5) is 4.27. The van der Waals surface area contributed by atoms with E-state index in [1.165, 1.54) is 12.1 Å². The minimum absolute atomic E-state index is 0.137. The smallest absolute Gasteiger partial charge is 0.191 e. The van der Waals surface area contributed by atoms with Crippen molar-refractivity contribution in [2.45, 2.75) is 56.9 Å². The van der Waals surface area contributed by atoms with Crippen LogP contribution in [-0.4, -0.2) is 46.9 Å². The minimum Gasteiger partial charge on any atom is -0.489 e. The van der Waals surface area contributed by atoms with E-state index < -0.39 is 10.8 Å². The topological polar surface area (TPSA) is 62.7 Å². The summed E-state index contributed by atoms with van der Waals surface area (Å²) in [6.07, 6.45) is 3.97. The van der Waals surface area contributed by atoms with Crippen LogP contribution in [0.15, 0.2) is 29.3 Å². The van der Waals surface area contributed by atoms with E-state index in [-0.39, 0.29) is 23.2 Å². The number of guanidine groups is 1. The van der Waals surface area contributed by atoms with Gasteiger partial charge in [0.05, 0.1) is 6.54 Å². The molecule has 1 saturated carbocycles. The second kappa shape index (κ2) is 10.5. The second-order valence-corrected chi connectivity index (χ2v) is 8.64. The van der Waals surface area contributed by atoms with Gasteiger partial charge in [0.15, 0.2) is 5.96 Å². The summed E-state index contributed by atoms with van der Waals surface area (Å²) in [6.45, 7) is 4.45. The molecule has 0 saturated heterocycles. The molecule has 0 heterocycles. The molecule has 0 aromatic heterocycles. The first-order valence-electron chi connectivity index (χ1n) is 9.28. The van der Waals surface area contributed by atoms with Crippen LogP contribution >= 0.6 is 0 Å². The number of nitrogens with zero attached hydrogens (tertiary/aromatic N) is 1. The molecule has 0 radical (unpaired) electrons.